The molecule has 4 N–H and O–H groups in total. The number of amides is 1. The fraction of sp³-hybridized carbons (Fsp3) is 0.133. The first-order valence-corrected chi connectivity index (χ1v) is 7.06. The fourth-order valence-electron chi connectivity index (χ4n) is 1.73. The van der Waals surface area contributed by atoms with Crippen LogP contribution in [0.2, 0.25) is 0 Å². The van der Waals surface area contributed by atoms with E-state index in [1.54, 1.807) is 18.2 Å². The van der Waals surface area contributed by atoms with Gasteiger partial charge in [-0.1, -0.05) is 22.0 Å². The zero-order chi connectivity index (χ0) is 15.2. The Bertz CT molecular complexity index is 647. The van der Waals surface area contributed by atoms with Crippen molar-refractivity contribution in [3.05, 3.63) is 52.5 Å². The molecule has 0 aliphatic heterocycles. The lowest BCUT2D eigenvalue weighted by atomic mass is 10.2. The molecular weight excluding hydrogens is 336 g/mol. The maximum absolute atomic E-state index is 11.3. The highest BCUT2D eigenvalue weighted by Gasteiger charge is 2.09. The average molecular weight is 351 g/mol. The molecule has 6 heteroatoms. The molecule has 2 rings (SSSR count). The molecule has 0 unspecified atom stereocenters. The summed E-state index contributed by atoms with van der Waals surface area (Å²) in [6, 6.07) is 12.2. The van der Waals surface area contributed by atoms with Gasteiger partial charge in [0.2, 0.25) is 0 Å². The van der Waals surface area contributed by atoms with E-state index < -0.39 is 5.91 Å². The van der Waals surface area contributed by atoms with Crippen molar-refractivity contribution in [3.63, 3.8) is 0 Å². The van der Waals surface area contributed by atoms with Crippen molar-refractivity contribution in [2.24, 2.45) is 5.73 Å². The molecule has 0 saturated heterocycles. The van der Waals surface area contributed by atoms with Crippen LogP contribution in [0.3, 0.4) is 0 Å². The van der Waals surface area contributed by atoms with Crippen molar-refractivity contribution in [3.8, 4) is 11.5 Å². The van der Waals surface area contributed by atoms with Crippen molar-refractivity contribution >= 4 is 27.5 Å². The summed E-state index contributed by atoms with van der Waals surface area (Å²) in [5, 5.41) is 0. The Labute approximate surface area is 131 Å². The highest BCUT2D eigenvalue weighted by atomic mass is 79.9. The molecule has 1 amide bonds. The molecule has 5 nitrogen and oxygen atoms in total. The second kappa shape index (κ2) is 6.99. The summed E-state index contributed by atoms with van der Waals surface area (Å²) < 4.78 is 12.0. The normalized spacial score (nSPS) is 10.1. The standard InChI is InChI=1S/C15H15BrN2O3/c16-10-2-1-3-12(8-10)20-6-7-21-14-9-11(17)4-5-13(14)15(18)19/h1-5,8-9H,6-7,17H2,(H2,18,19). The molecule has 0 radical (unpaired) electrons. The summed E-state index contributed by atoms with van der Waals surface area (Å²) in [7, 11) is 0. The Hall–Kier alpha value is -2.21. The monoisotopic (exact) mass is 350 g/mol. The molecule has 2 aromatic carbocycles. The Balaban J connectivity index is 1.91. The van der Waals surface area contributed by atoms with Crippen LogP contribution < -0.4 is 20.9 Å². The van der Waals surface area contributed by atoms with Crippen LogP contribution in [0.5, 0.6) is 11.5 Å². The summed E-state index contributed by atoms with van der Waals surface area (Å²) in [5.74, 6) is 0.536. The smallest absolute Gasteiger partial charge is 0.252 e. The lowest BCUT2D eigenvalue weighted by molar-refractivity contribution is 0.0995. The van der Waals surface area contributed by atoms with Crippen LogP contribution in [-0.4, -0.2) is 19.1 Å². The van der Waals surface area contributed by atoms with E-state index in [0.717, 1.165) is 10.2 Å². The number of nitrogen functional groups attached to an aromatic ring is 1. The van der Waals surface area contributed by atoms with Crippen molar-refractivity contribution in [1.82, 2.24) is 0 Å². The molecule has 0 atom stereocenters. The zero-order valence-corrected chi connectivity index (χ0v) is 12.8. The van der Waals surface area contributed by atoms with E-state index in [1.807, 2.05) is 24.3 Å². The Morgan fingerprint density at radius 2 is 1.86 bits per heavy atom. The lowest BCUT2D eigenvalue weighted by Gasteiger charge is -2.11. The number of benzene rings is 2. The van der Waals surface area contributed by atoms with Crippen molar-refractivity contribution in [1.29, 1.82) is 0 Å². The quantitative estimate of drug-likeness (QED) is 0.619. The van der Waals surface area contributed by atoms with Crippen molar-refractivity contribution in [2.75, 3.05) is 18.9 Å². The van der Waals surface area contributed by atoms with Gasteiger partial charge in [-0.3, -0.25) is 4.79 Å². The number of carbonyl (C=O) groups is 1. The summed E-state index contributed by atoms with van der Waals surface area (Å²) in [6.07, 6.45) is 0. The van der Waals surface area contributed by atoms with Gasteiger partial charge in [-0.2, -0.15) is 0 Å². The maximum atomic E-state index is 11.3. The minimum atomic E-state index is -0.557. The van der Waals surface area contributed by atoms with Gasteiger partial charge in [-0.05, 0) is 30.3 Å². The number of ether oxygens (including phenoxy) is 2. The number of primary amides is 1. The van der Waals surface area contributed by atoms with E-state index in [-0.39, 0.29) is 6.61 Å². The largest absolute Gasteiger partial charge is 0.490 e. The zero-order valence-electron chi connectivity index (χ0n) is 11.2. The predicted molar refractivity (Wildman–Crippen MR) is 84.5 cm³/mol. The van der Waals surface area contributed by atoms with Crippen LogP contribution in [0.25, 0.3) is 0 Å². The van der Waals surface area contributed by atoms with Crippen molar-refractivity contribution in [2.45, 2.75) is 0 Å². The SMILES string of the molecule is NC(=O)c1ccc(N)cc1OCCOc1cccc(Br)c1. The van der Waals surface area contributed by atoms with Gasteiger partial charge in [-0.15, -0.1) is 0 Å². The van der Waals surface area contributed by atoms with E-state index in [1.165, 1.54) is 0 Å². The number of halogens is 1. The molecule has 21 heavy (non-hydrogen) atoms. The topological polar surface area (TPSA) is 87.6 Å². The van der Waals surface area contributed by atoms with Gasteiger partial charge in [0.1, 0.15) is 24.7 Å². The van der Waals surface area contributed by atoms with Gasteiger partial charge < -0.3 is 20.9 Å². The number of hydrogen-bond acceptors (Lipinski definition) is 4. The Morgan fingerprint density at radius 3 is 2.57 bits per heavy atom. The highest BCUT2D eigenvalue weighted by Crippen LogP contribution is 2.22. The summed E-state index contributed by atoms with van der Waals surface area (Å²) in [6.45, 7) is 0.611. The molecule has 0 bridgehead atoms. The highest BCUT2D eigenvalue weighted by molar-refractivity contribution is 9.10. The first-order valence-electron chi connectivity index (χ1n) is 6.27. The molecule has 0 fully saturated rings. The molecule has 0 aromatic heterocycles. The van der Waals surface area contributed by atoms with E-state index >= 15 is 0 Å². The molecule has 0 aliphatic rings. The predicted octanol–water partition coefficient (Wildman–Crippen LogP) is 2.59. The van der Waals surface area contributed by atoms with E-state index in [0.29, 0.717) is 23.6 Å². The third kappa shape index (κ3) is 4.39. The van der Waals surface area contributed by atoms with Gasteiger partial charge >= 0.3 is 0 Å². The molecule has 2 aromatic rings. The second-order valence-electron chi connectivity index (χ2n) is 4.27. The third-order valence-corrected chi connectivity index (χ3v) is 3.17. The first kappa shape index (κ1) is 15.2. The minimum absolute atomic E-state index is 0.274. The van der Waals surface area contributed by atoms with E-state index in [2.05, 4.69) is 15.9 Å². The summed E-state index contributed by atoms with van der Waals surface area (Å²) in [5.41, 5.74) is 11.8. The van der Waals surface area contributed by atoms with Gasteiger partial charge in [0.25, 0.3) is 5.91 Å². The van der Waals surface area contributed by atoms with Gasteiger partial charge in [0.15, 0.2) is 0 Å². The van der Waals surface area contributed by atoms with E-state index in [4.69, 9.17) is 20.9 Å². The maximum Gasteiger partial charge on any atom is 0.252 e. The molecule has 0 heterocycles. The first-order chi connectivity index (χ1) is 10.1. The van der Waals surface area contributed by atoms with Crippen LogP contribution in [0.15, 0.2) is 46.9 Å². The second-order valence-corrected chi connectivity index (χ2v) is 5.19. The van der Waals surface area contributed by atoms with Gasteiger partial charge in [0, 0.05) is 16.2 Å². The van der Waals surface area contributed by atoms with Crippen molar-refractivity contribution < 1.29 is 14.3 Å². The number of hydrogen-bond donors (Lipinski definition) is 2. The summed E-state index contributed by atoms with van der Waals surface area (Å²) >= 11 is 3.36. The van der Waals surface area contributed by atoms with E-state index in [9.17, 15) is 4.79 Å². The van der Waals surface area contributed by atoms with Crippen LogP contribution in [0.1, 0.15) is 10.4 Å². The van der Waals surface area contributed by atoms with Gasteiger partial charge in [-0.25, -0.2) is 0 Å². The number of anilines is 1. The molecule has 0 aliphatic carbocycles. The third-order valence-electron chi connectivity index (χ3n) is 2.68. The van der Waals surface area contributed by atoms with Crippen LogP contribution in [-0.2, 0) is 0 Å². The van der Waals surface area contributed by atoms with Gasteiger partial charge in [0.05, 0.1) is 5.56 Å². The molecule has 0 saturated carbocycles. The Kier molecular flexibility index (Phi) is 5.05. The number of nitrogens with two attached hydrogens (primary N) is 2. The fourth-order valence-corrected chi connectivity index (χ4v) is 2.11. The molecular formula is C15H15BrN2O3. The van der Waals surface area contributed by atoms with Crippen LogP contribution >= 0.6 is 15.9 Å². The average Bonchev–Trinajstić information content (AvgIpc) is 2.43. The Morgan fingerprint density at radius 1 is 1.10 bits per heavy atom. The number of rotatable bonds is 6. The molecule has 0 spiro atoms. The number of carbonyl (C=O) groups excluding carboxylic acids is 1. The van der Waals surface area contributed by atoms with Crippen LogP contribution in [0.4, 0.5) is 5.69 Å². The molecule has 110 valence electrons. The summed E-state index contributed by atoms with van der Waals surface area (Å²) in [4.78, 5) is 11.3. The van der Waals surface area contributed by atoms with Crippen LogP contribution in [0, 0.1) is 0 Å². The minimum Gasteiger partial charge on any atom is -0.490 e. The lowest BCUT2D eigenvalue weighted by Crippen LogP contribution is -2.15.